The highest BCUT2D eigenvalue weighted by molar-refractivity contribution is 7.26. The van der Waals surface area contributed by atoms with Crippen molar-refractivity contribution in [2.45, 2.75) is 19.3 Å². The highest BCUT2D eigenvalue weighted by Crippen LogP contribution is 2.52. The van der Waals surface area contributed by atoms with Gasteiger partial charge in [0.05, 0.1) is 0 Å². The predicted octanol–water partition coefficient (Wildman–Crippen LogP) is 17.7. The fraction of sp³-hybridized carbons (Fsp3) is 0.0492. The molecule has 0 unspecified atom stereocenters. The first-order valence-electron chi connectivity index (χ1n) is 21.8. The number of fused-ring (bicyclic) bond motifs is 8. The third kappa shape index (κ3) is 6.13. The maximum absolute atomic E-state index is 2.43. The molecule has 0 aliphatic heterocycles. The van der Waals surface area contributed by atoms with Crippen molar-refractivity contribution in [3.63, 3.8) is 0 Å². The first-order chi connectivity index (χ1) is 31.0. The summed E-state index contributed by atoms with van der Waals surface area (Å²) in [7, 11) is 0. The van der Waals surface area contributed by atoms with Gasteiger partial charge < -0.3 is 4.90 Å². The normalized spacial score (nSPS) is 12.7. The molecule has 1 heterocycles. The van der Waals surface area contributed by atoms with Crippen LogP contribution in [0.4, 0.5) is 17.1 Å². The fourth-order valence-corrected chi connectivity index (χ4v) is 11.4. The summed E-state index contributed by atoms with van der Waals surface area (Å²) in [5.74, 6) is 0. The summed E-state index contributed by atoms with van der Waals surface area (Å²) in [6, 6.07) is 82.8. The Bertz CT molecular complexity index is 3490. The molecule has 1 aliphatic rings. The lowest BCUT2D eigenvalue weighted by Crippen LogP contribution is -2.16. The van der Waals surface area contributed by atoms with Gasteiger partial charge in [0.1, 0.15) is 0 Å². The predicted molar refractivity (Wildman–Crippen MR) is 271 cm³/mol. The second kappa shape index (κ2) is 14.8. The standard InChI is InChI=1S/C61H43NS/c1-61(2)54-23-13-11-19-49(54)50-38-37-48(39-55(50)61)62(46-33-29-43(30-34-46)41-17-7-4-8-18-41)47-35-31-44(32-36-47)57-51-20-9-10-21-52(51)60-59(53-22-12-14-24-56(53)63-60)58(57)45-27-25-42(26-28-45)40-15-5-3-6-16-40/h3-39H,1-2H3. The van der Waals surface area contributed by atoms with Crippen molar-refractivity contribution in [1.29, 1.82) is 0 Å². The summed E-state index contributed by atoms with van der Waals surface area (Å²) < 4.78 is 2.64. The van der Waals surface area contributed by atoms with Crippen LogP contribution in [-0.4, -0.2) is 0 Å². The SMILES string of the molecule is CC1(C)c2ccccc2-c2ccc(N(c3ccc(-c4ccccc4)cc3)c3ccc(-c4c(-c5ccc(-c6ccccc6)cc5)c5c6ccccc6sc5c5ccccc45)cc3)cc21. The molecule has 63 heavy (non-hydrogen) atoms. The summed E-state index contributed by atoms with van der Waals surface area (Å²) in [4.78, 5) is 2.43. The Labute approximate surface area is 372 Å². The number of hydrogen-bond donors (Lipinski definition) is 0. The molecule has 12 rings (SSSR count). The van der Waals surface area contributed by atoms with Crippen LogP contribution in [0.3, 0.4) is 0 Å². The van der Waals surface area contributed by atoms with E-state index in [2.05, 4.69) is 243 Å². The van der Waals surface area contributed by atoms with Crippen molar-refractivity contribution in [2.75, 3.05) is 4.90 Å². The number of anilines is 3. The van der Waals surface area contributed by atoms with E-state index in [0.717, 1.165) is 17.1 Å². The van der Waals surface area contributed by atoms with E-state index in [4.69, 9.17) is 0 Å². The van der Waals surface area contributed by atoms with Crippen LogP contribution in [0.15, 0.2) is 224 Å². The molecule has 0 radical (unpaired) electrons. The molecule has 0 amide bonds. The van der Waals surface area contributed by atoms with Gasteiger partial charge in [0.15, 0.2) is 0 Å². The molecular formula is C61H43NS. The minimum absolute atomic E-state index is 0.115. The Morgan fingerprint density at radius 3 is 1.48 bits per heavy atom. The lowest BCUT2D eigenvalue weighted by atomic mass is 9.82. The van der Waals surface area contributed by atoms with Crippen molar-refractivity contribution in [2.24, 2.45) is 0 Å². The molecule has 1 nitrogen and oxygen atoms in total. The lowest BCUT2D eigenvalue weighted by Gasteiger charge is -2.28. The molecule has 0 spiro atoms. The van der Waals surface area contributed by atoms with Gasteiger partial charge in [-0.2, -0.15) is 0 Å². The molecule has 1 aliphatic carbocycles. The lowest BCUT2D eigenvalue weighted by molar-refractivity contribution is 0.660. The van der Waals surface area contributed by atoms with Crippen molar-refractivity contribution >= 4 is 59.3 Å². The number of benzene rings is 10. The van der Waals surface area contributed by atoms with Crippen LogP contribution < -0.4 is 4.90 Å². The molecule has 0 N–H and O–H groups in total. The molecule has 0 saturated heterocycles. The van der Waals surface area contributed by atoms with Gasteiger partial charge in [0.2, 0.25) is 0 Å². The smallest absolute Gasteiger partial charge is 0.0465 e. The molecule has 2 heteroatoms. The zero-order valence-corrected chi connectivity index (χ0v) is 36.0. The highest BCUT2D eigenvalue weighted by Gasteiger charge is 2.35. The van der Waals surface area contributed by atoms with Crippen molar-refractivity contribution < 1.29 is 0 Å². The Kier molecular flexibility index (Phi) is 8.77. The Morgan fingerprint density at radius 2 is 0.810 bits per heavy atom. The van der Waals surface area contributed by atoms with Gasteiger partial charge in [-0.3, -0.25) is 0 Å². The van der Waals surface area contributed by atoms with Gasteiger partial charge in [0, 0.05) is 48.0 Å². The molecule has 1 aromatic heterocycles. The van der Waals surface area contributed by atoms with Crippen LogP contribution in [-0.2, 0) is 5.41 Å². The molecule has 0 fully saturated rings. The van der Waals surface area contributed by atoms with E-state index in [1.54, 1.807) is 0 Å². The summed E-state index contributed by atoms with van der Waals surface area (Å²) in [6.07, 6.45) is 0. The maximum Gasteiger partial charge on any atom is 0.0465 e. The first-order valence-corrected chi connectivity index (χ1v) is 22.7. The van der Waals surface area contributed by atoms with Gasteiger partial charge >= 0.3 is 0 Å². The van der Waals surface area contributed by atoms with Crippen LogP contribution >= 0.6 is 11.3 Å². The van der Waals surface area contributed by atoms with Crippen LogP contribution in [0.1, 0.15) is 25.0 Å². The molecular weight excluding hydrogens is 779 g/mol. The van der Waals surface area contributed by atoms with E-state index in [-0.39, 0.29) is 5.41 Å². The quantitative estimate of drug-likeness (QED) is 0.155. The minimum Gasteiger partial charge on any atom is -0.310 e. The molecule has 10 aromatic carbocycles. The van der Waals surface area contributed by atoms with Gasteiger partial charge in [-0.05, 0) is 115 Å². The van der Waals surface area contributed by atoms with Gasteiger partial charge in [-0.15, -0.1) is 11.3 Å². The van der Waals surface area contributed by atoms with E-state index in [1.165, 1.54) is 97.7 Å². The molecule has 0 atom stereocenters. The molecule has 0 saturated carbocycles. The van der Waals surface area contributed by atoms with Crippen molar-refractivity contribution in [3.8, 4) is 55.6 Å². The Hall–Kier alpha value is -7.52. The summed E-state index contributed by atoms with van der Waals surface area (Å²) in [5.41, 5.74) is 18.5. The Morgan fingerprint density at radius 1 is 0.349 bits per heavy atom. The van der Waals surface area contributed by atoms with Crippen LogP contribution in [0.2, 0.25) is 0 Å². The highest BCUT2D eigenvalue weighted by atomic mass is 32.1. The van der Waals surface area contributed by atoms with Gasteiger partial charge in [-0.1, -0.05) is 196 Å². The third-order valence-corrected chi connectivity index (χ3v) is 14.5. The second-order valence-electron chi connectivity index (χ2n) is 17.2. The average molecular weight is 822 g/mol. The van der Waals surface area contributed by atoms with Crippen LogP contribution in [0, 0.1) is 0 Å². The topological polar surface area (TPSA) is 3.24 Å². The minimum atomic E-state index is -0.115. The summed E-state index contributed by atoms with van der Waals surface area (Å²) in [5, 5.41) is 5.18. The number of nitrogens with zero attached hydrogens (tertiary/aromatic N) is 1. The number of hydrogen-bond acceptors (Lipinski definition) is 2. The van der Waals surface area contributed by atoms with Gasteiger partial charge in [-0.25, -0.2) is 0 Å². The first kappa shape index (κ1) is 37.3. The second-order valence-corrected chi connectivity index (χ2v) is 18.3. The average Bonchev–Trinajstić information content (AvgIpc) is 3.85. The van der Waals surface area contributed by atoms with E-state index in [9.17, 15) is 0 Å². The summed E-state index contributed by atoms with van der Waals surface area (Å²) in [6.45, 7) is 4.72. The van der Waals surface area contributed by atoms with E-state index >= 15 is 0 Å². The summed E-state index contributed by atoms with van der Waals surface area (Å²) >= 11 is 1.90. The number of thiophene rings is 1. The van der Waals surface area contributed by atoms with E-state index < -0.39 is 0 Å². The maximum atomic E-state index is 2.43. The van der Waals surface area contributed by atoms with Crippen LogP contribution in [0.5, 0.6) is 0 Å². The van der Waals surface area contributed by atoms with E-state index in [0.29, 0.717) is 0 Å². The Balaban J connectivity index is 1.04. The van der Waals surface area contributed by atoms with Crippen molar-refractivity contribution in [1.82, 2.24) is 0 Å². The molecule has 0 bridgehead atoms. The zero-order valence-electron chi connectivity index (χ0n) is 35.2. The van der Waals surface area contributed by atoms with Crippen LogP contribution in [0.25, 0.3) is 86.6 Å². The largest absolute Gasteiger partial charge is 0.310 e. The monoisotopic (exact) mass is 821 g/mol. The van der Waals surface area contributed by atoms with Gasteiger partial charge in [0.25, 0.3) is 0 Å². The molecule has 11 aromatic rings. The zero-order chi connectivity index (χ0) is 42.1. The fourth-order valence-electron chi connectivity index (χ4n) is 10.2. The van der Waals surface area contributed by atoms with E-state index in [1.807, 2.05) is 11.3 Å². The third-order valence-electron chi connectivity index (χ3n) is 13.3. The van der Waals surface area contributed by atoms with Crippen molar-refractivity contribution in [3.05, 3.63) is 236 Å². The molecule has 298 valence electrons. The number of rotatable bonds is 7.